The summed E-state index contributed by atoms with van der Waals surface area (Å²) < 4.78 is 14.5. The first kappa shape index (κ1) is 23.2. The lowest BCUT2D eigenvalue weighted by Crippen LogP contribution is -2.26. The van der Waals surface area contributed by atoms with Crippen molar-refractivity contribution in [3.05, 3.63) is 70.7 Å². The number of nitrogens with one attached hydrogen (secondary N) is 2. The zero-order valence-corrected chi connectivity index (χ0v) is 18.6. The van der Waals surface area contributed by atoms with Crippen molar-refractivity contribution in [1.82, 2.24) is 4.98 Å². The van der Waals surface area contributed by atoms with Crippen LogP contribution in [0.3, 0.4) is 0 Å². The molecule has 0 unspecified atom stereocenters. The van der Waals surface area contributed by atoms with Crippen LogP contribution < -0.4 is 16.4 Å². The van der Waals surface area contributed by atoms with Crippen molar-refractivity contribution in [3.8, 4) is 5.75 Å². The number of aromatic hydroxyl groups is 1. The second kappa shape index (κ2) is 9.48. The summed E-state index contributed by atoms with van der Waals surface area (Å²) in [5, 5.41) is 25.4. The van der Waals surface area contributed by atoms with Gasteiger partial charge in [-0.05, 0) is 54.7 Å². The minimum Gasteiger partial charge on any atom is -0.508 e. The van der Waals surface area contributed by atoms with Gasteiger partial charge < -0.3 is 26.6 Å². The van der Waals surface area contributed by atoms with Gasteiger partial charge >= 0.3 is 0 Å². The van der Waals surface area contributed by atoms with Crippen LogP contribution in [0.15, 0.2) is 42.6 Å². The van der Waals surface area contributed by atoms with Gasteiger partial charge in [-0.15, -0.1) is 0 Å². The molecule has 34 heavy (non-hydrogen) atoms. The summed E-state index contributed by atoms with van der Waals surface area (Å²) in [6.45, 7) is 1.29. The van der Waals surface area contributed by atoms with Crippen LogP contribution in [0.5, 0.6) is 5.75 Å². The highest BCUT2D eigenvalue weighted by molar-refractivity contribution is 6.09. The SMILES string of the molecule is Cc1cc(F)c(Nc2ccnc3c2C(=O)Cc2cc(CC[C@@H](CO)C(N)=O)ccc2N3)cc1O. The number of aromatic nitrogens is 1. The molecule has 0 saturated carbocycles. The number of carbonyl (C=O) groups is 2. The van der Waals surface area contributed by atoms with Crippen LogP contribution in [0.25, 0.3) is 0 Å². The van der Waals surface area contributed by atoms with E-state index in [9.17, 15) is 24.2 Å². The third-order valence-electron chi connectivity index (χ3n) is 5.96. The number of primary amides is 1. The summed E-state index contributed by atoms with van der Waals surface area (Å²) in [6.07, 6.45) is 2.51. The molecule has 2 aromatic carbocycles. The topological polar surface area (TPSA) is 138 Å². The lowest BCUT2D eigenvalue weighted by Gasteiger charge is -2.15. The number of nitrogens with zero attached hydrogens (tertiary/aromatic N) is 1. The molecule has 0 fully saturated rings. The van der Waals surface area contributed by atoms with Gasteiger partial charge in [0.05, 0.1) is 29.5 Å². The predicted molar refractivity (Wildman–Crippen MR) is 126 cm³/mol. The summed E-state index contributed by atoms with van der Waals surface area (Å²) in [4.78, 5) is 28.9. The number of ketones is 1. The van der Waals surface area contributed by atoms with E-state index in [0.717, 1.165) is 11.1 Å². The monoisotopic (exact) mass is 464 g/mol. The standard InChI is InChI=1S/C25H25FN4O4/c1-13-8-17(26)20(11-21(13)32)29-19-6-7-28-25-23(19)22(33)10-16-9-14(3-5-18(16)30-25)2-4-15(12-31)24(27)34/h3,5-9,11,15,31-32H,2,4,10,12H2,1H3,(H2,27,34)(H2,28,29,30)/t15-/m0/s1. The number of fused-ring (bicyclic) bond motifs is 2. The maximum absolute atomic E-state index is 14.5. The van der Waals surface area contributed by atoms with Crippen molar-refractivity contribution in [2.75, 3.05) is 17.2 Å². The predicted octanol–water partition coefficient (Wildman–Crippen LogP) is 3.49. The van der Waals surface area contributed by atoms with E-state index < -0.39 is 17.6 Å². The second-order valence-corrected chi connectivity index (χ2v) is 8.36. The molecule has 4 rings (SSSR count). The van der Waals surface area contributed by atoms with E-state index in [1.165, 1.54) is 18.3 Å². The van der Waals surface area contributed by atoms with Gasteiger partial charge in [0.2, 0.25) is 5.91 Å². The molecule has 0 saturated heterocycles. The Morgan fingerprint density at radius 1 is 1.26 bits per heavy atom. The number of hydrogen-bond acceptors (Lipinski definition) is 7. The molecule has 8 nitrogen and oxygen atoms in total. The number of aliphatic hydroxyl groups excluding tert-OH is 1. The fraction of sp³-hybridized carbons (Fsp3) is 0.240. The Morgan fingerprint density at radius 3 is 2.79 bits per heavy atom. The van der Waals surface area contributed by atoms with Crippen molar-refractivity contribution >= 4 is 34.6 Å². The van der Waals surface area contributed by atoms with E-state index in [4.69, 9.17) is 5.73 Å². The van der Waals surface area contributed by atoms with E-state index in [2.05, 4.69) is 15.6 Å². The number of rotatable bonds is 7. The minimum absolute atomic E-state index is 0.0428. The van der Waals surface area contributed by atoms with E-state index in [1.807, 2.05) is 18.2 Å². The molecule has 1 amide bonds. The van der Waals surface area contributed by atoms with Crippen molar-refractivity contribution in [2.24, 2.45) is 11.7 Å². The second-order valence-electron chi connectivity index (χ2n) is 8.36. The number of aryl methyl sites for hydroxylation is 2. The number of aliphatic hydroxyl groups is 1. The number of halogens is 1. The van der Waals surface area contributed by atoms with Crippen LogP contribution in [0, 0.1) is 18.7 Å². The van der Waals surface area contributed by atoms with Crippen LogP contribution in [-0.4, -0.2) is 33.5 Å². The maximum Gasteiger partial charge on any atom is 0.222 e. The van der Waals surface area contributed by atoms with E-state index in [0.29, 0.717) is 35.6 Å². The lowest BCUT2D eigenvalue weighted by atomic mass is 9.96. The molecule has 0 bridgehead atoms. The van der Waals surface area contributed by atoms with Crippen molar-refractivity contribution in [2.45, 2.75) is 26.2 Å². The number of anilines is 4. The van der Waals surface area contributed by atoms with E-state index in [-0.39, 0.29) is 35.8 Å². The summed E-state index contributed by atoms with van der Waals surface area (Å²) >= 11 is 0. The molecule has 1 aromatic heterocycles. The van der Waals surface area contributed by atoms with Gasteiger partial charge in [0.1, 0.15) is 17.4 Å². The van der Waals surface area contributed by atoms with Gasteiger partial charge in [0.15, 0.2) is 5.78 Å². The molecule has 1 aliphatic heterocycles. The summed E-state index contributed by atoms with van der Waals surface area (Å²) in [5.74, 6) is -1.66. The van der Waals surface area contributed by atoms with Crippen LogP contribution in [0.1, 0.15) is 33.5 Å². The number of benzene rings is 2. The van der Waals surface area contributed by atoms with Crippen LogP contribution in [-0.2, 0) is 17.6 Å². The number of nitrogens with two attached hydrogens (primary N) is 1. The zero-order chi connectivity index (χ0) is 24.4. The fourth-order valence-electron chi connectivity index (χ4n) is 3.97. The van der Waals surface area contributed by atoms with Crippen LogP contribution >= 0.6 is 0 Å². The van der Waals surface area contributed by atoms with Gasteiger partial charge in [-0.25, -0.2) is 9.37 Å². The first-order valence-electron chi connectivity index (χ1n) is 10.8. The van der Waals surface area contributed by atoms with E-state index >= 15 is 0 Å². The summed E-state index contributed by atoms with van der Waals surface area (Å²) in [7, 11) is 0. The van der Waals surface area contributed by atoms with Crippen molar-refractivity contribution in [3.63, 3.8) is 0 Å². The first-order valence-corrected chi connectivity index (χ1v) is 10.8. The quantitative estimate of drug-likeness (QED) is 0.361. The molecule has 3 aromatic rings. The molecule has 6 N–H and O–H groups in total. The largest absolute Gasteiger partial charge is 0.508 e. The summed E-state index contributed by atoms with van der Waals surface area (Å²) in [5.41, 5.74) is 8.77. The van der Waals surface area contributed by atoms with Gasteiger partial charge in [-0.2, -0.15) is 0 Å². The fourth-order valence-corrected chi connectivity index (χ4v) is 3.97. The Morgan fingerprint density at radius 2 is 2.06 bits per heavy atom. The van der Waals surface area contributed by atoms with Crippen molar-refractivity contribution < 1.29 is 24.2 Å². The Bertz CT molecular complexity index is 1280. The number of carbonyl (C=O) groups excluding carboxylic acids is 2. The molecule has 176 valence electrons. The molecule has 0 radical (unpaired) electrons. The zero-order valence-electron chi connectivity index (χ0n) is 18.6. The van der Waals surface area contributed by atoms with E-state index in [1.54, 1.807) is 13.0 Å². The number of phenols is 1. The third-order valence-corrected chi connectivity index (χ3v) is 5.96. The lowest BCUT2D eigenvalue weighted by molar-refractivity contribution is -0.123. The minimum atomic E-state index is -0.623. The average molecular weight is 464 g/mol. The Kier molecular flexibility index (Phi) is 6.47. The molecular weight excluding hydrogens is 439 g/mol. The Balaban J connectivity index is 1.61. The number of pyridine rings is 1. The van der Waals surface area contributed by atoms with Gasteiger partial charge in [-0.1, -0.05) is 12.1 Å². The molecule has 2 heterocycles. The average Bonchev–Trinajstić information content (AvgIpc) is 2.93. The maximum atomic E-state index is 14.5. The molecule has 1 aliphatic rings. The number of hydrogen-bond donors (Lipinski definition) is 5. The molecule has 9 heteroatoms. The number of amides is 1. The smallest absolute Gasteiger partial charge is 0.222 e. The Hall–Kier alpha value is -3.98. The van der Waals surface area contributed by atoms with Gasteiger partial charge in [-0.3, -0.25) is 9.59 Å². The highest BCUT2D eigenvalue weighted by Crippen LogP contribution is 2.35. The normalized spacial score (nSPS) is 13.3. The number of phenolic OH excluding ortho intramolecular Hbond substituents is 1. The molecular formula is C25H25FN4O4. The molecule has 1 atom stereocenters. The first-order chi connectivity index (χ1) is 16.3. The van der Waals surface area contributed by atoms with Crippen LogP contribution in [0.2, 0.25) is 0 Å². The number of Topliss-reactive ketones (excluding diaryl/α,β-unsaturated/α-hetero) is 1. The Labute approximate surface area is 195 Å². The van der Waals surface area contributed by atoms with Crippen LogP contribution in [0.4, 0.5) is 27.3 Å². The molecule has 0 aliphatic carbocycles. The summed E-state index contributed by atoms with van der Waals surface area (Å²) in [6, 6.07) is 9.67. The van der Waals surface area contributed by atoms with Gasteiger partial charge in [0.25, 0.3) is 0 Å². The highest BCUT2D eigenvalue weighted by Gasteiger charge is 2.25. The third kappa shape index (κ3) is 4.69. The van der Waals surface area contributed by atoms with Crippen molar-refractivity contribution in [1.29, 1.82) is 0 Å². The highest BCUT2D eigenvalue weighted by atomic mass is 19.1. The van der Waals surface area contributed by atoms with Gasteiger partial charge in [0, 0.05) is 24.4 Å². The molecule has 0 spiro atoms.